The van der Waals surface area contributed by atoms with Crippen LogP contribution < -0.4 is 21.3 Å². The number of carbonyl (C=O) groups is 2. The lowest BCUT2D eigenvalue weighted by atomic mass is 10.0. The lowest BCUT2D eigenvalue weighted by Crippen LogP contribution is -2.46. The second-order valence-electron chi connectivity index (χ2n) is 9.65. The number of halogens is 3. The number of hydrogen-bond donors (Lipinski definition) is 4. The molecule has 2 amide bonds. The maximum Gasteiger partial charge on any atom is 0.421 e. The first kappa shape index (κ1) is 29.2. The van der Waals surface area contributed by atoms with Crippen LogP contribution >= 0.6 is 0 Å². The van der Waals surface area contributed by atoms with Crippen molar-refractivity contribution in [3.8, 4) is 0 Å². The molecule has 4 N–H and O–H groups in total. The van der Waals surface area contributed by atoms with Crippen LogP contribution in [0.3, 0.4) is 0 Å². The lowest BCUT2D eigenvalue weighted by Gasteiger charge is -2.27. The van der Waals surface area contributed by atoms with Crippen LogP contribution in [0.25, 0.3) is 0 Å². The maximum atomic E-state index is 13.7. The fourth-order valence-electron chi connectivity index (χ4n) is 4.65. The van der Waals surface area contributed by atoms with Crippen molar-refractivity contribution in [3.63, 3.8) is 0 Å². The number of benzene rings is 1. The second-order valence-corrected chi connectivity index (χ2v) is 9.65. The van der Waals surface area contributed by atoms with E-state index in [0.29, 0.717) is 37.2 Å². The Hall–Kier alpha value is -3.41. The summed E-state index contributed by atoms with van der Waals surface area (Å²) in [6.45, 7) is 6.44. The minimum absolute atomic E-state index is 0. The molecular formula is C26H36F3N7O2. The summed E-state index contributed by atoms with van der Waals surface area (Å²) < 4.78 is 41.2. The molecule has 1 aliphatic carbocycles. The predicted octanol–water partition coefficient (Wildman–Crippen LogP) is 4.03. The van der Waals surface area contributed by atoms with Gasteiger partial charge in [0.05, 0.1) is 5.92 Å². The van der Waals surface area contributed by atoms with Gasteiger partial charge in [-0.05, 0) is 51.0 Å². The summed E-state index contributed by atoms with van der Waals surface area (Å²) in [6.07, 6.45) is -2.06. The molecule has 2 atom stereocenters. The number of hydrogen-bond acceptors (Lipinski definition) is 7. The van der Waals surface area contributed by atoms with E-state index < -0.39 is 23.7 Å². The van der Waals surface area contributed by atoms with Crippen molar-refractivity contribution in [2.45, 2.75) is 58.8 Å². The first-order valence-corrected chi connectivity index (χ1v) is 12.5. The third-order valence-electron chi connectivity index (χ3n) is 6.49. The van der Waals surface area contributed by atoms with Crippen molar-refractivity contribution < 1.29 is 22.8 Å². The number of rotatable bonds is 7. The summed E-state index contributed by atoms with van der Waals surface area (Å²) in [5.74, 6) is -1.10. The van der Waals surface area contributed by atoms with Crippen molar-refractivity contribution in [3.05, 3.63) is 41.6 Å². The molecule has 0 bridgehead atoms. The van der Waals surface area contributed by atoms with E-state index in [1.165, 1.54) is 0 Å². The molecular weight excluding hydrogens is 499 g/mol. The van der Waals surface area contributed by atoms with Gasteiger partial charge in [0.15, 0.2) is 0 Å². The first-order chi connectivity index (χ1) is 17.6. The Morgan fingerprint density at radius 3 is 2.42 bits per heavy atom. The Balaban J connectivity index is 0.00000400. The Morgan fingerprint density at radius 1 is 1.11 bits per heavy atom. The van der Waals surface area contributed by atoms with Gasteiger partial charge >= 0.3 is 6.18 Å². The number of piperazine rings is 1. The lowest BCUT2D eigenvalue weighted by molar-refractivity contribution is -0.137. The van der Waals surface area contributed by atoms with E-state index in [0.717, 1.165) is 25.7 Å². The molecule has 208 valence electrons. The van der Waals surface area contributed by atoms with E-state index in [9.17, 15) is 22.8 Å². The van der Waals surface area contributed by atoms with E-state index in [1.54, 1.807) is 29.2 Å². The van der Waals surface area contributed by atoms with E-state index >= 15 is 0 Å². The Morgan fingerprint density at radius 2 is 1.79 bits per heavy atom. The van der Waals surface area contributed by atoms with Crippen LogP contribution in [0.5, 0.6) is 0 Å². The van der Waals surface area contributed by atoms with Gasteiger partial charge in [-0.25, -0.2) is 4.98 Å². The van der Waals surface area contributed by atoms with Gasteiger partial charge in [0.1, 0.15) is 11.4 Å². The SMILES string of the molecule is C.CC(C)NC(=O)[C@H]1CCC[C@H]1Nc1nc(Nc2ccc(C(=O)N3CCNCC3)cc2)ncc1C(F)(F)F. The molecule has 2 heterocycles. The highest BCUT2D eigenvalue weighted by Gasteiger charge is 2.39. The molecule has 38 heavy (non-hydrogen) atoms. The zero-order valence-corrected chi connectivity index (χ0v) is 20.9. The number of alkyl halides is 3. The Kier molecular flexibility index (Phi) is 9.53. The molecule has 2 aromatic rings. The Bertz CT molecular complexity index is 1100. The minimum atomic E-state index is -4.67. The quantitative estimate of drug-likeness (QED) is 0.424. The molecule has 1 saturated carbocycles. The predicted molar refractivity (Wildman–Crippen MR) is 140 cm³/mol. The highest BCUT2D eigenvalue weighted by Crippen LogP contribution is 2.36. The van der Waals surface area contributed by atoms with Gasteiger partial charge in [-0.1, -0.05) is 13.8 Å². The van der Waals surface area contributed by atoms with Gasteiger partial charge in [0, 0.05) is 55.7 Å². The van der Waals surface area contributed by atoms with E-state index in [-0.39, 0.29) is 37.0 Å². The fraction of sp³-hybridized carbons (Fsp3) is 0.538. The molecule has 0 radical (unpaired) electrons. The number of anilines is 3. The van der Waals surface area contributed by atoms with Gasteiger partial charge in [-0.15, -0.1) is 0 Å². The molecule has 2 aliphatic rings. The zero-order valence-electron chi connectivity index (χ0n) is 20.9. The molecule has 1 aliphatic heterocycles. The van der Waals surface area contributed by atoms with E-state index in [1.807, 2.05) is 13.8 Å². The van der Waals surface area contributed by atoms with Gasteiger partial charge in [0.25, 0.3) is 5.91 Å². The van der Waals surface area contributed by atoms with Crippen LogP contribution in [-0.4, -0.2) is 64.9 Å². The number of nitrogens with zero attached hydrogens (tertiary/aromatic N) is 3. The van der Waals surface area contributed by atoms with Crippen LogP contribution in [0.2, 0.25) is 0 Å². The molecule has 0 unspecified atom stereocenters. The van der Waals surface area contributed by atoms with Crippen molar-refractivity contribution >= 4 is 29.3 Å². The normalized spacial score (nSPS) is 19.6. The molecule has 4 rings (SSSR count). The van der Waals surface area contributed by atoms with Gasteiger partial charge in [0.2, 0.25) is 11.9 Å². The van der Waals surface area contributed by atoms with Crippen LogP contribution in [0.4, 0.5) is 30.6 Å². The summed E-state index contributed by atoms with van der Waals surface area (Å²) in [5.41, 5.74) is 0.0534. The molecule has 1 aromatic heterocycles. The monoisotopic (exact) mass is 535 g/mol. The van der Waals surface area contributed by atoms with Gasteiger partial charge in [-0.3, -0.25) is 9.59 Å². The summed E-state index contributed by atoms with van der Waals surface area (Å²) in [7, 11) is 0. The summed E-state index contributed by atoms with van der Waals surface area (Å²) in [5, 5.41) is 11.8. The molecule has 1 aromatic carbocycles. The zero-order chi connectivity index (χ0) is 26.6. The molecule has 2 fully saturated rings. The standard InChI is InChI=1S/C25H32F3N7O2.CH4/c1-15(2)31-22(36)18-4-3-5-20(18)33-21-19(25(26,27)28)14-30-24(34-21)32-17-8-6-16(7-9-17)23(37)35-12-10-29-11-13-35;/h6-9,14-15,18,20,29H,3-5,10-13H2,1-2H3,(H,31,36)(H2,30,32,33,34);1H4/t18-,20+;/m0./s1. The number of nitrogens with one attached hydrogen (secondary N) is 4. The third kappa shape index (κ3) is 7.12. The maximum absolute atomic E-state index is 13.7. The van der Waals surface area contributed by atoms with Crippen LogP contribution in [0.15, 0.2) is 30.5 Å². The average Bonchev–Trinajstić information content (AvgIpc) is 3.32. The Labute approximate surface area is 221 Å². The molecule has 12 heteroatoms. The highest BCUT2D eigenvalue weighted by atomic mass is 19.4. The molecule has 1 saturated heterocycles. The largest absolute Gasteiger partial charge is 0.421 e. The van der Waals surface area contributed by atoms with Crippen molar-refractivity contribution in [2.75, 3.05) is 36.8 Å². The van der Waals surface area contributed by atoms with Crippen LogP contribution in [0, 0.1) is 5.92 Å². The fourth-order valence-corrected chi connectivity index (χ4v) is 4.65. The van der Waals surface area contributed by atoms with Crippen molar-refractivity contribution in [1.82, 2.24) is 25.5 Å². The highest BCUT2D eigenvalue weighted by molar-refractivity contribution is 5.94. The van der Waals surface area contributed by atoms with E-state index in [2.05, 4.69) is 31.2 Å². The topological polar surface area (TPSA) is 111 Å². The third-order valence-corrected chi connectivity index (χ3v) is 6.49. The summed E-state index contributed by atoms with van der Waals surface area (Å²) in [6, 6.07) is 6.10. The van der Waals surface area contributed by atoms with Gasteiger partial charge < -0.3 is 26.2 Å². The van der Waals surface area contributed by atoms with Crippen molar-refractivity contribution in [2.24, 2.45) is 5.92 Å². The van der Waals surface area contributed by atoms with Crippen LogP contribution in [0.1, 0.15) is 56.5 Å². The second kappa shape index (κ2) is 12.4. The number of carbonyl (C=O) groups excluding carboxylic acids is 2. The summed E-state index contributed by atoms with van der Waals surface area (Å²) in [4.78, 5) is 35.0. The number of amides is 2. The average molecular weight is 536 g/mol. The smallest absolute Gasteiger partial charge is 0.366 e. The number of aromatic nitrogens is 2. The van der Waals surface area contributed by atoms with Gasteiger partial charge in [-0.2, -0.15) is 18.2 Å². The molecule has 0 spiro atoms. The van der Waals surface area contributed by atoms with E-state index in [4.69, 9.17) is 0 Å². The van der Waals surface area contributed by atoms with Crippen LogP contribution in [-0.2, 0) is 11.0 Å². The summed E-state index contributed by atoms with van der Waals surface area (Å²) >= 11 is 0. The molecule has 9 nitrogen and oxygen atoms in total. The minimum Gasteiger partial charge on any atom is -0.366 e. The first-order valence-electron chi connectivity index (χ1n) is 12.5. The van der Waals surface area contributed by atoms with Crippen molar-refractivity contribution in [1.29, 1.82) is 0 Å².